The van der Waals surface area contributed by atoms with Gasteiger partial charge in [0.2, 0.25) is 11.8 Å². The average molecular weight is 247 g/mol. The highest BCUT2D eigenvalue weighted by atomic mass is 19.4. The number of nitrogen functional groups attached to an aromatic ring is 1. The molecule has 2 N–H and O–H groups in total. The molecule has 0 saturated heterocycles. The van der Waals surface area contributed by atoms with Crippen molar-refractivity contribution < 1.29 is 17.9 Å². The Labute approximate surface area is 96.3 Å². The van der Waals surface area contributed by atoms with Crippen molar-refractivity contribution in [3.05, 3.63) is 24.4 Å². The van der Waals surface area contributed by atoms with Crippen molar-refractivity contribution in [3.63, 3.8) is 0 Å². The number of hydrogen-bond donors (Lipinski definition) is 1. The smallest absolute Gasteiger partial charge is 0.433 e. The van der Waals surface area contributed by atoms with Gasteiger partial charge in [-0.05, 0) is 12.8 Å². The minimum absolute atomic E-state index is 0.172. The van der Waals surface area contributed by atoms with Gasteiger partial charge in [-0.3, -0.25) is 0 Å². The van der Waals surface area contributed by atoms with Gasteiger partial charge in [0.25, 0.3) is 0 Å². The van der Waals surface area contributed by atoms with Crippen molar-refractivity contribution in [2.24, 2.45) is 0 Å². The van der Waals surface area contributed by atoms with Crippen LogP contribution in [0.2, 0.25) is 0 Å². The zero-order valence-corrected chi connectivity index (χ0v) is 9.00. The van der Waals surface area contributed by atoms with E-state index in [1.165, 1.54) is 0 Å². The third kappa shape index (κ3) is 4.29. The maximum Gasteiger partial charge on any atom is 0.433 e. The molecule has 0 saturated carbocycles. The molecule has 17 heavy (non-hydrogen) atoms. The number of nitrogens with two attached hydrogens (primary N) is 1. The molecule has 0 amide bonds. The fourth-order valence-electron chi connectivity index (χ4n) is 1.07. The molecule has 0 unspecified atom stereocenters. The minimum atomic E-state index is -4.56. The maximum absolute atomic E-state index is 12.4. The number of unbranched alkanes of at least 4 members (excludes halogenated alkanes) is 1. The van der Waals surface area contributed by atoms with E-state index in [0.29, 0.717) is 12.8 Å². The van der Waals surface area contributed by atoms with E-state index in [1.807, 2.05) is 0 Å². The van der Waals surface area contributed by atoms with E-state index in [9.17, 15) is 13.2 Å². The fourth-order valence-corrected chi connectivity index (χ4v) is 1.07. The lowest BCUT2D eigenvalue weighted by Gasteiger charge is -2.09. The Morgan fingerprint density at radius 3 is 2.71 bits per heavy atom. The van der Waals surface area contributed by atoms with Gasteiger partial charge in [0.1, 0.15) is 0 Å². The Hall–Kier alpha value is -1.79. The molecule has 0 aromatic carbocycles. The van der Waals surface area contributed by atoms with Crippen molar-refractivity contribution in [3.8, 4) is 5.88 Å². The van der Waals surface area contributed by atoms with Gasteiger partial charge in [-0.1, -0.05) is 6.08 Å². The maximum atomic E-state index is 12.4. The number of halogens is 3. The van der Waals surface area contributed by atoms with Crippen LogP contribution in [-0.4, -0.2) is 16.6 Å². The molecule has 0 fully saturated rings. The Bertz CT molecular complexity index is 393. The molecule has 0 aliphatic carbocycles. The minimum Gasteiger partial charge on any atom is -0.478 e. The molecule has 0 atom stereocenters. The van der Waals surface area contributed by atoms with E-state index in [1.54, 1.807) is 6.08 Å². The summed E-state index contributed by atoms with van der Waals surface area (Å²) in [6.45, 7) is 3.77. The predicted molar refractivity (Wildman–Crippen MR) is 56.4 cm³/mol. The van der Waals surface area contributed by atoms with Crippen LogP contribution in [0.3, 0.4) is 0 Å². The van der Waals surface area contributed by atoms with Crippen molar-refractivity contribution in [1.29, 1.82) is 0 Å². The second kappa shape index (κ2) is 5.51. The Morgan fingerprint density at radius 2 is 2.12 bits per heavy atom. The summed E-state index contributed by atoms with van der Waals surface area (Å²) in [5.41, 5.74) is 4.06. The van der Waals surface area contributed by atoms with Gasteiger partial charge >= 0.3 is 6.18 Å². The van der Waals surface area contributed by atoms with Gasteiger partial charge in [-0.25, -0.2) is 4.98 Å². The van der Waals surface area contributed by atoms with E-state index < -0.39 is 17.8 Å². The van der Waals surface area contributed by atoms with Crippen molar-refractivity contribution in [2.75, 3.05) is 12.3 Å². The molecule has 4 nitrogen and oxygen atoms in total. The van der Waals surface area contributed by atoms with Crippen molar-refractivity contribution in [1.82, 2.24) is 9.97 Å². The van der Waals surface area contributed by atoms with Crippen molar-refractivity contribution >= 4 is 5.95 Å². The van der Waals surface area contributed by atoms with Crippen LogP contribution in [0.25, 0.3) is 0 Å². The fraction of sp³-hybridized carbons (Fsp3) is 0.400. The van der Waals surface area contributed by atoms with E-state index in [0.717, 1.165) is 6.07 Å². The zero-order chi connectivity index (χ0) is 12.9. The van der Waals surface area contributed by atoms with E-state index in [2.05, 4.69) is 16.5 Å². The molecule has 1 heterocycles. The van der Waals surface area contributed by atoms with Crippen LogP contribution < -0.4 is 10.5 Å². The van der Waals surface area contributed by atoms with Crippen LogP contribution in [0.15, 0.2) is 18.7 Å². The first-order valence-electron chi connectivity index (χ1n) is 4.89. The third-order valence-corrected chi connectivity index (χ3v) is 1.81. The summed E-state index contributed by atoms with van der Waals surface area (Å²) in [5, 5.41) is 0. The molecular weight excluding hydrogens is 235 g/mol. The number of allylic oxidation sites excluding steroid dienone is 1. The standard InChI is InChI=1S/C10H12F3N3O/c1-2-3-4-5-17-8-6-7(10(11,12)13)15-9(14)16-8/h2,6H,1,3-5H2,(H2,14,15,16). The Balaban J connectivity index is 2.72. The van der Waals surface area contributed by atoms with Crippen LogP contribution >= 0.6 is 0 Å². The van der Waals surface area contributed by atoms with Gasteiger partial charge in [-0.15, -0.1) is 6.58 Å². The lowest BCUT2D eigenvalue weighted by atomic mass is 10.3. The molecule has 0 radical (unpaired) electrons. The second-order valence-corrected chi connectivity index (χ2v) is 3.23. The molecule has 0 bridgehead atoms. The summed E-state index contributed by atoms with van der Waals surface area (Å²) in [5.74, 6) is -0.632. The van der Waals surface area contributed by atoms with Gasteiger partial charge < -0.3 is 10.5 Å². The highest BCUT2D eigenvalue weighted by molar-refractivity contribution is 5.27. The molecule has 0 aliphatic heterocycles. The predicted octanol–water partition coefficient (Wildman–Crippen LogP) is 2.42. The number of hydrogen-bond acceptors (Lipinski definition) is 4. The summed E-state index contributed by atoms with van der Waals surface area (Å²) in [6.07, 6.45) is -1.50. The van der Waals surface area contributed by atoms with Crippen molar-refractivity contribution in [2.45, 2.75) is 19.0 Å². The summed E-state index contributed by atoms with van der Waals surface area (Å²) < 4.78 is 42.2. The van der Waals surface area contributed by atoms with Crippen LogP contribution in [-0.2, 0) is 6.18 Å². The highest BCUT2D eigenvalue weighted by Crippen LogP contribution is 2.29. The number of aromatic nitrogens is 2. The van der Waals surface area contributed by atoms with Gasteiger partial charge in [0, 0.05) is 6.07 Å². The second-order valence-electron chi connectivity index (χ2n) is 3.23. The number of rotatable bonds is 5. The molecule has 1 aromatic rings. The quantitative estimate of drug-likeness (QED) is 0.641. The first kappa shape index (κ1) is 13.3. The molecule has 94 valence electrons. The van der Waals surface area contributed by atoms with E-state index >= 15 is 0 Å². The lowest BCUT2D eigenvalue weighted by Crippen LogP contribution is -2.12. The number of anilines is 1. The van der Waals surface area contributed by atoms with Crippen LogP contribution in [0.4, 0.5) is 19.1 Å². The Morgan fingerprint density at radius 1 is 1.41 bits per heavy atom. The van der Waals surface area contributed by atoms with Gasteiger partial charge in [-0.2, -0.15) is 18.2 Å². The van der Waals surface area contributed by atoms with Crippen LogP contribution in [0.5, 0.6) is 5.88 Å². The summed E-state index contributed by atoms with van der Waals surface area (Å²) in [4.78, 5) is 6.66. The number of ether oxygens (including phenoxy) is 1. The van der Waals surface area contributed by atoms with Gasteiger partial charge in [0.15, 0.2) is 5.69 Å². The molecule has 1 rings (SSSR count). The normalized spacial score (nSPS) is 11.2. The topological polar surface area (TPSA) is 61.0 Å². The molecule has 7 heteroatoms. The van der Waals surface area contributed by atoms with E-state index in [-0.39, 0.29) is 12.5 Å². The summed E-state index contributed by atoms with van der Waals surface area (Å²) >= 11 is 0. The first-order valence-corrected chi connectivity index (χ1v) is 4.89. The van der Waals surface area contributed by atoms with E-state index in [4.69, 9.17) is 10.5 Å². The lowest BCUT2D eigenvalue weighted by molar-refractivity contribution is -0.141. The SMILES string of the molecule is C=CCCCOc1cc(C(F)(F)F)nc(N)n1. The monoisotopic (exact) mass is 247 g/mol. The largest absolute Gasteiger partial charge is 0.478 e. The third-order valence-electron chi connectivity index (χ3n) is 1.81. The molecule has 1 aromatic heterocycles. The van der Waals surface area contributed by atoms with Crippen LogP contribution in [0.1, 0.15) is 18.5 Å². The molecule has 0 spiro atoms. The summed E-state index contributed by atoms with van der Waals surface area (Å²) in [7, 11) is 0. The molecule has 0 aliphatic rings. The first-order chi connectivity index (χ1) is 7.93. The van der Waals surface area contributed by atoms with Gasteiger partial charge in [0.05, 0.1) is 6.61 Å². The van der Waals surface area contributed by atoms with Crippen LogP contribution in [0, 0.1) is 0 Å². The highest BCUT2D eigenvalue weighted by Gasteiger charge is 2.33. The Kier molecular flexibility index (Phi) is 4.30. The molecular formula is C10H12F3N3O. The number of nitrogens with zero attached hydrogens (tertiary/aromatic N) is 2. The average Bonchev–Trinajstić information content (AvgIpc) is 2.22. The zero-order valence-electron chi connectivity index (χ0n) is 9.00. The number of alkyl halides is 3. The summed E-state index contributed by atoms with van der Waals surface area (Å²) in [6, 6.07) is 0.726.